The van der Waals surface area contributed by atoms with Gasteiger partial charge in [0.05, 0.1) is 0 Å². The maximum absolute atomic E-state index is 8.00. The van der Waals surface area contributed by atoms with E-state index in [1.165, 1.54) is 22.3 Å². The van der Waals surface area contributed by atoms with Crippen molar-refractivity contribution in [1.29, 1.82) is 0 Å². The van der Waals surface area contributed by atoms with Gasteiger partial charge in [0, 0.05) is 24.4 Å². The summed E-state index contributed by atoms with van der Waals surface area (Å²) >= 11 is 0. The van der Waals surface area contributed by atoms with Crippen LogP contribution in [0.3, 0.4) is 0 Å². The second kappa shape index (κ2) is 23.4. The molecule has 0 heterocycles. The van der Waals surface area contributed by atoms with Gasteiger partial charge < -0.3 is 19.2 Å². The number of benzene rings is 2. The van der Waals surface area contributed by atoms with Gasteiger partial charge in [0.1, 0.15) is 25.9 Å². The summed E-state index contributed by atoms with van der Waals surface area (Å²) in [5.41, 5.74) is 9.29. The molecule has 40 heavy (non-hydrogen) atoms. The van der Waals surface area contributed by atoms with Gasteiger partial charge in [-0.05, 0) is 68.7 Å². The molecule has 0 spiro atoms. The number of carbonyl (C=O) groups is 2. The Morgan fingerprint density at radius 3 is 1.70 bits per heavy atom. The summed E-state index contributed by atoms with van der Waals surface area (Å²) in [6.07, 6.45) is 4.07. The number of carbonyl (C=O) groups excluding carboxylic acids is 2. The van der Waals surface area contributed by atoms with Crippen LogP contribution in [0, 0.1) is 6.92 Å². The maximum Gasteiger partial charge on any atom is 0.238 e. The van der Waals surface area contributed by atoms with Crippen molar-refractivity contribution in [3.63, 3.8) is 0 Å². The molecule has 0 amide bonds. The van der Waals surface area contributed by atoms with Crippen molar-refractivity contribution >= 4 is 19.3 Å². The van der Waals surface area contributed by atoms with Crippen molar-refractivity contribution in [2.45, 2.75) is 94.6 Å². The molecule has 222 valence electrons. The molecular formula is C35H54N2O3. The van der Waals surface area contributed by atoms with Gasteiger partial charge in [0.25, 0.3) is 0 Å². The molecule has 0 fully saturated rings. The second-order valence-electron chi connectivity index (χ2n) is 9.05. The van der Waals surface area contributed by atoms with Crippen molar-refractivity contribution in [1.82, 2.24) is 4.90 Å². The van der Waals surface area contributed by atoms with Gasteiger partial charge in [-0.1, -0.05) is 96.1 Å². The van der Waals surface area contributed by atoms with E-state index in [4.69, 9.17) is 19.3 Å². The number of rotatable bonds is 13. The van der Waals surface area contributed by atoms with Gasteiger partial charge >= 0.3 is 0 Å². The van der Waals surface area contributed by atoms with Gasteiger partial charge in [-0.2, -0.15) is 0 Å². The van der Waals surface area contributed by atoms with E-state index in [0.717, 1.165) is 61.3 Å². The maximum atomic E-state index is 8.00. The lowest BCUT2D eigenvalue weighted by Crippen LogP contribution is -2.27. The van der Waals surface area contributed by atoms with E-state index in [1.54, 1.807) is 0 Å². The Balaban J connectivity index is 0. The molecule has 2 aromatic rings. The highest BCUT2D eigenvalue weighted by Gasteiger charge is 2.18. The molecule has 5 nitrogen and oxygen atoms in total. The summed E-state index contributed by atoms with van der Waals surface area (Å²) in [5, 5.41) is 0. The Morgan fingerprint density at radius 2 is 1.30 bits per heavy atom. The van der Waals surface area contributed by atoms with E-state index < -0.39 is 0 Å². The van der Waals surface area contributed by atoms with Crippen LogP contribution >= 0.6 is 0 Å². The summed E-state index contributed by atoms with van der Waals surface area (Å²) in [5.74, 6) is 0.667. The van der Waals surface area contributed by atoms with Crippen molar-refractivity contribution in [2.24, 2.45) is 4.99 Å². The van der Waals surface area contributed by atoms with Gasteiger partial charge in [-0.15, -0.1) is 0 Å². The number of hydrogen-bond donors (Lipinski definition) is 0. The molecule has 0 bridgehead atoms. The molecule has 0 unspecified atom stereocenters. The van der Waals surface area contributed by atoms with Crippen molar-refractivity contribution in [3.8, 4) is 0 Å². The Morgan fingerprint density at radius 1 is 0.825 bits per heavy atom. The van der Waals surface area contributed by atoms with E-state index in [0.29, 0.717) is 12.5 Å². The Hall–Kier alpha value is -3.47. The third kappa shape index (κ3) is 12.6. The van der Waals surface area contributed by atoms with Crippen molar-refractivity contribution < 1.29 is 14.3 Å². The molecule has 0 saturated heterocycles. The third-order valence-electron chi connectivity index (χ3n) is 6.04. The first kappa shape index (κ1) is 38.7. The molecule has 0 N–H and O–H groups in total. The largest absolute Gasteiger partial charge is 0.471 e. The van der Waals surface area contributed by atoms with Crippen LogP contribution in [0.15, 0.2) is 71.2 Å². The predicted octanol–water partition coefficient (Wildman–Crippen LogP) is 8.67. The zero-order valence-electron chi connectivity index (χ0n) is 26.7. The summed E-state index contributed by atoms with van der Waals surface area (Å²) in [4.78, 5) is 23.6. The number of allylic oxidation sites excluding steroid dienone is 1. The molecule has 5 heteroatoms. The van der Waals surface area contributed by atoms with E-state index in [9.17, 15) is 0 Å². The normalized spacial score (nSPS) is 10.9. The molecule has 0 radical (unpaired) electrons. The van der Waals surface area contributed by atoms with E-state index in [-0.39, 0.29) is 0 Å². The summed E-state index contributed by atoms with van der Waals surface area (Å²) in [6.45, 7) is 29.8. The zero-order valence-corrected chi connectivity index (χ0v) is 26.7. The van der Waals surface area contributed by atoms with Crippen LogP contribution < -0.4 is 0 Å². The molecule has 0 atom stereocenters. The topological polar surface area (TPSA) is 59.0 Å². The van der Waals surface area contributed by atoms with Gasteiger partial charge in [0.2, 0.25) is 5.88 Å². The third-order valence-corrected chi connectivity index (χ3v) is 6.04. The molecule has 0 aromatic heterocycles. The standard InChI is InChI=1S/C31H44N2O.C2H6.2CH2O/c1-9-20-33(21-10-2)30(23(5)6)31(34-22-26-18-16-24(7)17-19-26)32-25(8)29-27(11-3)14-13-15-28(29)12-4;3*1-2/h13-19H,5,9-12,20-22H2,1-4,6-8H3;1-2H3;2*1H2/b31-30-,32-25+;;;. The number of aryl methyl sites for hydroxylation is 3. The van der Waals surface area contributed by atoms with Crippen LogP contribution in [-0.4, -0.2) is 37.3 Å². The summed E-state index contributed by atoms with van der Waals surface area (Å²) in [6, 6.07) is 15.1. The molecule has 2 aromatic carbocycles. The Bertz CT molecular complexity index is 1010. The van der Waals surface area contributed by atoms with Crippen molar-refractivity contribution in [3.05, 3.63) is 94.0 Å². The minimum Gasteiger partial charge on any atom is -0.471 e. The highest BCUT2D eigenvalue weighted by Crippen LogP contribution is 2.25. The number of hydrogen-bond acceptors (Lipinski definition) is 5. The minimum absolute atomic E-state index is 0.478. The Kier molecular flexibility index (Phi) is 22.6. The second-order valence-corrected chi connectivity index (χ2v) is 9.05. The molecule has 0 saturated carbocycles. The van der Waals surface area contributed by atoms with Crippen LogP contribution in [0.2, 0.25) is 0 Å². The minimum atomic E-state index is 0.478. The molecule has 0 aliphatic heterocycles. The van der Waals surface area contributed by atoms with Crippen molar-refractivity contribution in [2.75, 3.05) is 13.1 Å². The first-order valence-corrected chi connectivity index (χ1v) is 14.4. The molecule has 0 aliphatic rings. The average molecular weight is 551 g/mol. The molecule has 2 rings (SSSR count). The predicted molar refractivity (Wildman–Crippen MR) is 173 cm³/mol. The fourth-order valence-electron chi connectivity index (χ4n) is 4.37. The Labute approximate surface area is 245 Å². The van der Waals surface area contributed by atoms with Crippen LogP contribution in [0.25, 0.3) is 0 Å². The highest BCUT2D eigenvalue weighted by molar-refractivity contribution is 6.02. The van der Waals surface area contributed by atoms with Gasteiger partial charge in [-0.25, -0.2) is 4.99 Å². The average Bonchev–Trinajstić information content (AvgIpc) is 2.99. The highest BCUT2D eigenvalue weighted by atomic mass is 16.5. The van der Waals surface area contributed by atoms with E-state index >= 15 is 0 Å². The van der Waals surface area contributed by atoms with E-state index in [1.807, 2.05) is 27.4 Å². The quantitative estimate of drug-likeness (QED) is 0.142. The number of nitrogens with zero attached hydrogens (tertiary/aromatic N) is 2. The van der Waals surface area contributed by atoms with E-state index in [2.05, 4.69) is 102 Å². The molecular weight excluding hydrogens is 496 g/mol. The van der Waals surface area contributed by atoms with Crippen LogP contribution in [0.4, 0.5) is 0 Å². The first-order chi connectivity index (χ1) is 19.4. The number of aliphatic imine (C=N–C) groups is 1. The fourth-order valence-corrected chi connectivity index (χ4v) is 4.37. The number of ether oxygens (including phenoxy) is 1. The SMILES string of the molecule is C=C(C)/C(=C(\N=C(/C)c1c(CC)cccc1CC)OCc1ccc(C)cc1)N(CCC)CCC.C=O.C=O.CC. The zero-order chi connectivity index (χ0) is 31.1. The van der Waals surface area contributed by atoms with Crippen LogP contribution in [-0.2, 0) is 33.8 Å². The first-order valence-electron chi connectivity index (χ1n) is 14.4. The summed E-state index contributed by atoms with van der Waals surface area (Å²) < 4.78 is 6.49. The smallest absolute Gasteiger partial charge is 0.238 e. The summed E-state index contributed by atoms with van der Waals surface area (Å²) in [7, 11) is 0. The lowest BCUT2D eigenvalue weighted by molar-refractivity contribution is -0.0987. The lowest BCUT2D eigenvalue weighted by Gasteiger charge is -2.28. The van der Waals surface area contributed by atoms with Gasteiger partial charge in [-0.3, -0.25) is 0 Å². The fraction of sp³-hybridized carbons (Fsp3) is 0.457. The molecule has 0 aliphatic carbocycles. The van der Waals surface area contributed by atoms with Crippen LogP contribution in [0.1, 0.15) is 96.0 Å². The lowest BCUT2D eigenvalue weighted by atomic mass is 9.94. The van der Waals surface area contributed by atoms with Crippen LogP contribution in [0.5, 0.6) is 0 Å². The van der Waals surface area contributed by atoms with Gasteiger partial charge in [0.15, 0.2) is 0 Å². The monoisotopic (exact) mass is 550 g/mol.